The molecule has 5 nitrogen and oxygen atoms in total. The van der Waals surface area contributed by atoms with Gasteiger partial charge in [0.25, 0.3) is 5.91 Å². The summed E-state index contributed by atoms with van der Waals surface area (Å²) in [5.74, 6) is 1.13. The van der Waals surface area contributed by atoms with E-state index in [9.17, 15) is 4.79 Å². The van der Waals surface area contributed by atoms with Crippen molar-refractivity contribution in [3.8, 4) is 11.5 Å². The van der Waals surface area contributed by atoms with Gasteiger partial charge in [0.15, 0.2) is 11.5 Å². The Hall–Kier alpha value is -3.38. The maximum Gasteiger partial charge on any atom is 0.254 e. The van der Waals surface area contributed by atoms with Crippen LogP contribution in [-0.4, -0.2) is 42.8 Å². The number of thioether (sulfide) groups is 1. The Balaban J connectivity index is 1.62. The minimum atomic E-state index is -0.197. The molecule has 0 saturated heterocycles. The molecule has 1 atom stereocenters. The van der Waals surface area contributed by atoms with Crippen LogP contribution in [0.1, 0.15) is 33.2 Å². The molecule has 1 N–H and O–H groups in total. The van der Waals surface area contributed by atoms with Crippen LogP contribution < -0.4 is 9.47 Å². The molecule has 1 aliphatic heterocycles. The van der Waals surface area contributed by atoms with Gasteiger partial charge in [-0.1, -0.05) is 30.3 Å². The quantitative estimate of drug-likeness (QED) is 0.390. The van der Waals surface area contributed by atoms with E-state index in [4.69, 9.17) is 9.47 Å². The number of rotatable bonds is 5. The van der Waals surface area contributed by atoms with Gasteiger partial charge >= 0.3 is 0 Å². The molecule has 1 aliphatic rings. The molecule has 3 aromatic carbocycles. The lowest BCUT2D eigenvalue weighted by molar-refractivity contribution is 0.0691. The second-order valence-electron chi connectivity index (χ2n) is 8.06. The van der Waals surface area contributed by atoms with E-state index in [2.05, 4.69) is 53.7 Å². The van der Waals surface area contributed by atoms with Crippen molar-refractivity contribution in [1.29, 1.82) is 0 Å². The van der Waals surface area contributed by atoms with Gasteiger partial charge < -0.3 is 19.4 Å². The van der Waals surface area contributed by atoms with E-state index < -0.39 is 0 Å². The molecule has 2 heterocycles. The number of aromatic amines is 1. The summed E-state index contributed by atoms with van der Waals surface area (Å²) in [5.41, 5.74) is 5.16. The predicted molar refractivity (Wildman–Crippen MR) is 133 cm³/mol. The largest absolute Gasteiger partial charge is 0.493 e. The number of carbonyl (C=O) groups is 1. The molecule has 0 radical (unpaired) electrons. The molecule has 0 saturated carbocycles. The fourth-order valence-corrected chi connectivity index (χ4v) is 5.14. The summed E-state index contributed by atoms with van der Waals surface area (Å²) in [4.78, 5) is 20.6. The number of benzene rings is 3. The number of fused-ring (bicyclic) bond motifs is 3. The van der Waals surface area contributed by atoms with Gasteiger partial charge in [-0.2, -0.15) is 0 Å². The number of nitrogens with zero attached hydrogens (tertiary/aromatic N) is 1. The van der Waals surface area contributed by atoms with Crippen molar-refractivity contribution in [3.05, 3.63) is 89.1 Å². The molecule has 1 aromatic heterocycles. The maximum atomic E-state index is 13.8. The second-order valence-corrected chi connectivity index (χ2v) is 8.94. The van der Waals surface area contributed by atoms with Crippen LogP contribution in [0.5, 0.6) is 11.5 Å². The number of carbonyl (C=O) groups excluding carboxylic acids is 1. The molecule has 6 heteroatoms. The van der Waals surface area contributed by atoms with E-state index >= 15 is 0 Å². The van der Waals surface area contributed by atoms with Crippen molar-refractivity contribution in [3.63, 3.8) is 0 Å². The normalized spacial score (nSPS) is 15.4. The fraction of sp³-hybridized carbons (Fsp3) is 0.222. The van der Waals surface area contributed by atoms with Crippen LogP contribution >= 0.6 is 11.8 Å². The van der Waals surface area contributed by atoms with Crippen LogP contribution in [-0.2, 0) is 6.42 Å². The van der Waals surface area contributed by atoms with Crippen molar-refractivity contribution in [2.75, 3.05) is 27.0 Å². The Bertz CT molecular complexity index is 1310. The summed E-state index contributed by atoms with van der Waals surface area (Å²) in [5, 5.41) is 1.23. The molecule has 0 spiro atoms. The topological polar surface area (TPSA) is 54.6 Å². The highest BCUT2D eigenvalue weighted by Crippen LogP contribution is 2.40. The van der Waals surface area contributed by atoms with Crippen molar-refractivity contribution >= 4 is 28.6 Å². The minimum absolute atomic E-state index is 0.0285. The van der Waals surface area contributed by atoms with Gasteiger partial charge in [-0.05, 0) is 60.2 Å². The van der Waals surface area contributed by atoms with Crippen molar-refractivity contribution in [1.82, 2.24) is 9.88 Å². The minimum Gasteiger partial charge on any atom is -0.493 e. The Kier molecular flexibility index (Phi) is 5.77. The summed E-state index contributed by atoms with van der Waals surface area (Å²) < 4.78 is 10.8. The zero-order valence-electron chi connectivity index (χ0n) is 18.9. The van der Waals surface area contributed by atoms with Crippen LogP contribution in [0.15, 0.2) is 71.6 Å². The van der Waals surface area contributed by atoms with Crippen LogP contribution in [0.2, 0.25) is 0 Å². The number of amides is 1. The smallest absolute Gasteiger partial charge is 0.254 e. The SMILES string of the molecule is COc1ccc(C(=O)N2CCc3c([nH]c4ccccc34)C2c2ccc(SC)cc2)cc1OC. The number of H-pyrrole nitrogens is 1. The summed E-state index contributed by atoms with van der Waals surface area (Å²) >= 11 is 1.71. The lowest BCUT2D eigenvalue weighted by Gasteiger charge is -2.36. The molecular weight excluding hydrogens is 432 g/mol. The van der Waals surface area contributed by atoms with E-state index in [-0.39, 0.29) is 11.9 Å². The highest BCUT2D eigenvalue weighted by molar-refractivity contribution is 7.98. The highest BCUT2D eigenvalue weighted by Gasteiger charge is 2.35. The van der Waals surface area contributed by atoms with Gasteiger partial charge in [-0.15, -0.1) is 11.8 Å². The molecule has 0 aliphatic carbocycles. The first-order valence-corrected chi connectivity index (χ1v) is 12.1. The first kappa shape index (κ1) is 21.5. The molecule has 0 bridgehead atoms. The lowest BCUT2D eigenvalue weighted by atomic mass is 9.91. The van der Waals surface area contributed by atoms with Gasteiger partial charge in [-0.3, -0.25) is 4.79 Å². The second kappa shape index (κ2) is 8.87. The molecule has 5 rings (SSSR count). The predicted octanol–water partition coefficient (Wildman–Crippen LogP) is 5.69. The molecule has 4 aromatic rings. The Labute approximate surface area is 197 Å². The van der Waals surface area contributed by atoms with E-state index in [0.29, 0.717) is 23.6 Å². The van der Waals surface area contributed by atoms with E-state index in [1.165, 1.54) is 15.8 Å². The van der Waals surface area contributed by atoms with Crippen molar-refractivity contribution < 1.29 is 14.3 Å². The number of hydrogen-bond donors (Lipinski definition) is 1. The third-order valence-electron chi connectivity index (χ3n) is 6.36. The first-order valence-electron chi connectivity index (χ1n) is 10.9. The summed E-state index contributed by atoms with van der Waals surface area (Å²) in [7, 11) is 3.18. The van der Waals surface area contributed by atoms with Gasteiger partial charge in [0.05, 0.1) is 20.3 Å². The van der Waals surface area contributed by atoms with Gasteiger partial charge in [0, 0.05) is 33.6 Å². The third-order valence-corrected chi connectivity index (χ3v) is 7.10. The number of ether oxygens (including phenoxy) is 2. The highest BCUT2D eigenvalue weighted by atomic mass is 32.2. The average Bonchev–Trinajstić information content (AvgIpc) is 3.26. The van der Waals surface area contributed by atoms with Gasteiger partial charge in [0.1, 0.15) is 0 Å². The summed E-state index contributed by atoms with van der Waals surface area (Å²) in [6.07, 6.45) is 2.87. The van der Waals surface area contributed by atoms with Crippen molar-refractivity contribution in [2.24, 2.45) is 0 Å². The van der Waals surface area contributed by atoms with Gasteiger partial charge in [0.2, 0.25) is 0 Å². The lowest BCUT2D eigenvalue weighted by Crippen LogP contribution is -2.40. The number of hydrogen-bond acceptors (Lipinski definition) is 4. The first-order chi connectivity index (χ1) is 16.1. The Morgan fingerprint density at radius 1 is 1.00 bits per heavy atom. The van der Waals surface area contributed by atoms with Gasteiger partial charge in [-0.25, -0.2) is 0 Å². The van der Waals surface area contributed by atoms with Crippen molar-refractivity contribution in [2.45, 2.75) is 17.4 Å². The number of nitrogens with one attached hydrogen (secondary N) is 1. The van der Waals surface area contributed by atoms with E-state index in [0.717, 1.165) is 23.2 Å². The zero-order chi connectivity index (χ0) is 22.9. The Morgan fingerprint density at radius 2 is 1.76 bits per heavy atom. The molecule has 0 fully saturated rings. The maximum absolute atomic E-state index is 13.8. The van der Waals surface area contributed by atoms with E-state index in [1.54, 1.807) is 44.2 Å². The van der Waals surface area contributed by atoms with E-state index in [1.807, 2.05) is 11.0 Å². The standard InChI is InChI=1S/C27H26N2O3S/c1-31-23-13-10-18(16-24(23)32-2)27(30)29-15-14-21-20-6-4-5-7-22(20)28-25(21)26(29)17-8-11-19(33-3)12-9-17/h4-13,16,26,28H,14-15H2,1-3H3. The molecule has 33 heavy (non-hydrogen) atoms. The summed E-state index contributed by atoms with van der Waals surface area (Å²) in [6.45, 7) is 0.636. The monoisotopic (exact) mass is 458 g/mol. The number of methoxy groups -OCH3 is 2. The fourth-order valence-electron chi connectivity index (χ4n) is 4.73. The molecule has 1 amide bonds. The molecular formula is C27H26N2O3S. The zero-order valence-corrected chi connectivity index (χ0v) is 19.7. The molecule has 168 valence electrons. The summed E-state index contributed by atoms with van der Waals surface area (Å²) in [6, 6.07) is 22.0. The Morgan fingerprint density at radius 3 is 2.48 bits per heavy atom. The number of para-hydroxylation sites is 1. The third kappa shape index (κ3) is 3.74. The van der Waals surface area contributed by atoms with Crippen LogP contribution in [0.4, 0.5) is 0 Å². The van der Waals surface area contributed by atoms with Crippen LogP contribution in [0.25, 0.3) is 10.9 Å². The van der Waals surface area contributed by atoms with Crippen LogP contribution in [0.3, 0.4) is 0 Å². The number of aromatic nitrogens is 1. The van der Waals surface area contributed by atoms with Crippen LogP contribution in [0, 0.1) is 0 Å². The molecule has 1 unspecified atom stereocenters. The average molecular weight is 459 g/mol.